The highest BCUT2D eigenvalue weighted by Crippen LogP contribution is 2.32. The fraction of sp³-hybridized carbons (Fsp3) is 0.417. The van der Waals surface area contributed by atoms with Crippen molar-refractivity contribution < 1.29 is 9.53 Å². The number of para-hydroxylation sites is 1. The quantitative estimate of drug-likeness (QED) is 0.682. The molecule has 1 amide bonds. The second-order valence-electron chi connectivity index (χ2n) is 4.02. The zero-order chi connectivity index (χ0) is 13.8. The lowest BCUT2D eigenvalue weighted by atomic mass is 10.2. The standard InChI is InChI=1S/C12H14Cl3NO2/c1-8(2)10(17)16-11(12(13,14)15)18-9-6-4-3-5-7-9/h3-8,11H,1-2H3,(H,16,17). The lowest BCUT2D eigenvalue weighted by molar-refractivity contribution is -0.126. The van der Waals surface area contributed by atoms with Crippen LogP contribution in [0, 0.1) is 5.92 Å². The maximum Gasteiger partial charge on any atom is 0.246 e. The zero-order valence-corrected chi connectivity index (χ0v) is 12.3. The predicted octanol–water partition coefficient (Wildman–Crippen LogP) is 3.53. The molecule has 1 unspecified atom stereocenters. The van der Waals surface area contributed by atoms with E-state index >= 15 is 0 Å². The average Bonchev–Trinajstić information content (AvgIpc) is 2.28. The smallest absolute Gasteiger partial charge is 0.246 e. The number of hydrogen-bond donors (Lipinski definition) is 1. The molecule has 100 valence electrons. The van der Waals surface area contributed by atoms with Crippen LogP contribution in [0.2, 0.25) is 0 Å². The molecule has 18 heavy (non-hydrogen) atoms. The van der Waals surface area contributed by atoms with Gasteiger partial charge < -0.3 is 10.1 Å². The highest BCUT2D eigenvalue weighted by atomic mass is 35.6. The Morgan fingerprint density at radius 1 is 1.22 bits per heavy atom. The monoisotopic (exact) mass is 309 g/mol. The fourth-order valence-corrected chi connectivity index (χ4v) is 1.41. The number of carbonyl (C=O) groups excluding carboxylic acids is 1. The molecule has 3 nitrogen and oxygen atoms in total. The van der Waals surface area contributed by atoms with Gasteiger partial charge in [0.1, 0.15) is 5.75 Å². The van der Waals surface area contributed by atoms with Gasteiger partial charge in [0.2, 0.25) is 15.9 Å². The van der Waals surface area contributed by atoms with Crippen molar-refractivity contribution in [2.45, 2.75) is 23.9 Å². The van der Waals surface area contributed by atoms with Crippen molar-refractivity contribution in [3.05, 3.63) is 30.3 Å². The van der Waals surface area contributed by atoms with Gasteiger partial charge in [-0.1, -0.05) is 66.8 Å². The van der Waals surface area contributed by atoms with Crippen LogP contribution in [0.5, 0.6) is 5.75 Å². The van der Waals surface area contributed by atoms with E-state index in [-0.39, 0.29) is 11.8 Å². The third-order valence-electron chi connectivity index (χ3n) is 2.09. The van der Waals surface area contributed by atoms with Crippen LogP contribution in [0.1, 0.15) is 13.8 Å². The van der Waals surface area contributed by atoms with Gasteiger partial charge in [0, 0.05) is 5.92 Å². The first-order valence-corrected chi connectivity index (χ1v) is 6.53. The van der Waals surface area contributed by atoms with E-state index in [4.69, 9.17) is 39.5 Å². The number of carbonyl (C=O) groups is 1. The van der Waals surface area contributed by atoms with Gasteiger partial charge in [-0.15, -0.1) is 0 Å². The lowest BCUT2D eigenvalue weighted by Crippen LogP contribution is -2.49. The number of amides is 1. The van der Waals surface area contributed by atoms with Crippen LogP contribution in [0.15, 0.2) is 30.3 Å². The molecule has 0 aliphatic heterocycles. The number of halogens is 3. The summed E-state index contributed by atoms with van der Waals surface area (Å²) in [4.78, 5) is 11.6. The van der Waals surface area contributed by atoms with E-state index in [9.17, 15) is 4.79 Å². The maximum absolute atomic E-state index is 11.6. The molecule has 0 fully saturated rings. The van der Waals surface area contributed by atoms with Gasteiger partial charge >= 0.3 is 0 Å². The van der Waals surface area contributed by atoms with Crippen LogP contribution >= 0.6 is 34.8 Å². The van der Waals surface area contributed by atoms with Gasteiger partial charge in [0.15, 0.2) is 0 Å². The third-order valence-corrected chi connectivity index (χ3v) is 2.69. The van der Waals surface area contributed by atoms with Gasteiger partial charge in [-0.05, 0) is 12.1 Å². The Morgan fingerprint density at radius 3 is 2.22 bits per heavy atom. The van der Waals surface area contributed by atoms with Crippen LogP contribution in [-0.4, -0.2) is 15.9 Å². The highest BCUT2D eigenvalue weighted by Gasteiger charge is 2.36. The van der Waals surface area contributed by atoms with Crippen LogP contribution in [-0.2, 0) is 4.79 Å². The molecule has 0 aliphatic carbocycles. The maximum atomic E-state index is 11.6. The lowest BCUT2D eigenvalue weighted by Gasteiger charge is -2.26. The largest absolute Gasteiger partial charge is 0.466 e. The highest BCUT2D eigenvalue weighted by molar-refractivity contribution is 6.68. The molecule has 1 rings (SSSR count). The summed E-state index contributed by atoms with van der Waals surface area (Å²) >= 11 is 17.4. The summed E-state index contributed by atoms with van der Waals surface area (Å²) in [5.74, 6) is 0.0411. The van der Waals surface area contributed by atoms with Crippen molar-refractivity contribution in [2.75, 3.05) is 0 Å². The van der Waals surface area contributed by atoms with E-state index in [0.29, 0.717) is 5.75 Å². The van der Waals surface area contributed by atoms with Crippen molar-refractivity contribution >= 4 is 40.7 Å². The molecule has 1 aromatic carbocycles. The summed E-state index contributed by atoms with van der Waals surface area (Å²) in [5, 5.41) is 2.55. The van der Waals surface area contributed by atoms with Crippen molar-refractivity contribution in [1.29, 1.82) is 0 Å². The third kappa shape index (κ3) is 4.92. The van der Waals surface area contributed by atoms with E-state index in [1.807, 2.05) is 6.07 Å². The molecule has 0 saturated carbocycles. The van der Waals surface area contributed by atoms with Gasteiger partial charge in [-0.2, -0.15) is 0 Å². The van der Waals surface area contributed by atoms with Crippen LogP contribution < -0.4 is 10.1 Å². The van der Waals surface area contributed by atoms with E-state index < -0.39 is 10.0 Å². The summed E-state index contributed by atoms with van der Waals surface area (Å²) in [6.45, 7) is 3.49. The molecule has 0 heterocycles. The minimum atomic E-state index is -1.75. The van der Waals surface area contributed by atoms with E-state index in [0.717, 1.165) is 0 Å². The fourth-order valence-electron chi connectivity index (χ4n) is 1.11. The first kappa shape index (κ1) is 15.4. The van der Waals surface area contributed by atoms with Crippen LogP contribution in [0.25, 0.3) is 0 Å². The Labute approximate surface area is 121 Å². The number of hydrogen-bond acceptors (Lipinski definition) is 2. The molecular weight excluding hydrogens is 296 g/mol. The molecule has 0 radical (unpaired) electrons. The zero-order valence-electron chi connectivity index (χ0n) is 9.99. The molecule has 1 N–H and O–H groups in total. The number of ether oxygens (including phenoxy) is 1. The average molecular weight is 311 g/mol. The summed E-state index contributed by atoms with van der Waals surface area (Å²) in [7, 11) is 0. The number of rotatable bonds is 4. The predicted molar refractivity (Wildman–Crippen MR) is 74.1 cm³/mol. The molecule has 0 spiro atoms. The van der Waals surface area contributed by atoms with Gasteiger partial charge in [0.25, 0.3) is 0 Å². The first-order valence-electron chi connectivity index (χ1n) is 5.39. The first-order chi connectivity index (χ1) is 8.30. The molecule has 0 aliphatic rings. The second-order valence-corrected chi connectivity index (χ2v) is 6.38. The molecule has 0 saturated heterocycles. The van der Waals surface area contributed by atoms with Gasteiger partial charge in [-0.25, -0.2) is 0 Å². The molecular formula is C12H14Cl3NO2. The van der Waals surface area contributed by atoms with Crippen molar-refractivity contribution in [1.82, 2.24) is 5.32 Å². The number of alkyl halides is 3. The number of nitrogens with one attached hydrogen (secondary N) is 1. The van der Waals surface area contributed by atoms with Crippen molar-refractivity contribution in [2.24, 2.45) is 5.92 Å². The topological polar surface area (TPSA) is 38.3 Å². The van der Waals surface area contributed by atoms with Gasteiger partial charge in [0.05, 0.1) is 0 Å². The van der Waals surface area contributed by atoms with E-state index in [2.05, 4.69) is 5.32 Å². The van der Waals surface area contributed by atoms with Gasteiger partial charge in [-0.3, -0.25) is 4.79 Å². The minimum Gasteiger partial charge on any atom is -0.466 e. The summed E-state index contributed by atoms with van der Waals surface area (Å²) in [6, 6.07) is 8.84. The Hall–Kier alpha value is -0.640. The van der Waals surface area contributed by atoms with E-state index in [1.54, 1.807) is 38.1 Å². The molecule has 1 atom stereocenters. The van der Waals surface area contributed by atoms with Crippen molar-refractivity contribution in [3.63, 3.8) is 0 Å². The van der Waals surface area contributed by atoms with Crippen molar-refractivity contribution in [3.8, 4) is 5.75 Å². The Morgan fingerprint density at radius 2 is 1.78 bits per heavy atom. The molecule has 0 aromatic heterocycles. The summed E-state index contributed by atoms with van der Waals surface area (Å²) < 4.78 is 3.72. The summed E-state index contributed by atoms with van der Waals surface area (Å²) in [5.41, 5.74) is 0. The number of benzene rings is 1. The second kappa shape index (κ2) is 6.50. The van der Waals surface area contributed by atoms with Crippen LogP contribution in [0.4, 0.5) is 0 Å². The van der Waals surface area contributed by atoms with Crippen LogP contribution in [0.3, 0.4) is 0 Å². The normalized spacial score (nSPS) is 13.2. The van der Waals surface area contributed by atoms with E-state index in [1.165, 1.54) is 0 Å². The molecule has 0 bridgehead atoms. The molecule has 6 heteroatoms. The Bertz CT molecular complexity index is 390. The summed E-state index contributed by atoms with van der Waals surface area (Å²) in [6.07, 6.45) is -1.04. The Balaban J connectivity index is 2.77. The molecule has 1 aromatic rings. The Kier molecular flexibility index (Phi) is 5.57. The minimum absolute atomic E-state index is 0.223. The SMILES string of the molecule is CC(C)C(=O)NC(Oc1ccccc1)C(Cl)(Cl)Cl.